The van der Waals surface area contributed by atoms with Crippen LogP contribution in [0.3, 0.4) is 0 Å². The van der Waals surface area contributed by atoms with Crippen LogP contribution in [-0.4, -0.2) is 0 Å². The van der Waals surface area contributed by atoms with Crippen molar-refractivity contribution in [3.63, 3.8) is 0 Å². The van der Waals surface area contributed by atoms with E-state index in [4.69, 9.17) is 0 Å². The number of hydrogen-bond donors (Lipinski definition) is 0. The van der Waals surface area contributed by atoms with Gasteiger partial charge in [0, 0.05) is 26.9 Å². The summed E-state index contributed by atoms with van der Waals surface area (Å²) in [5.41, 5.74) is 0. The zero-order valence-electron chi connectivity index (χ0n) is 1.93. The van der Waals surface area contributed by atoms with E-state index >= 15 is 0 Å². The van der Waals surface area contributed by atoms with Gasteiger partial charge < -0.3 is 0 Å². The minimum atomic E-state index is 0. The molecule has 4 heavy (non-hydrogen) atoms. The second-order valence-electron chi connectivity index (χ2n) is 0. The number of hydrogen-bond acceptors (Lipinski definition) is 1. The Morgan fingerprint density at radius 3 is 1.25 bits per heavy atom. The minimum absolute atomic E-state index is 0. The van der Waals surface area contributed by atoms with Crippen molar-refractivity contribution in [2.24, 2.45) is 0 Å². The molecule has 0 aliphatic heterocycles. The van der Waals surface area contributed by atoms with Crippen LogP contribution in [0.5, 0.6) is 0 Å². The van der Waals surface area contributed by atoms with E-state index in [1.165, 1.54) is 0 Å². The van der Waals surface area contributed by atoms with Gasteiger partial charge >= 0.3 is 24.5 Å². The fourth-order valence-corrected chi connectivity index (χ4v) is 0. The molecular formula is CNiSZn. The smallest absolute Gasteiger partial charge is 0 e. The first kappa shape index (κ1) is 18.4. The Bertz CT molecular complexity index is 8.00. The second kappa shape index (κ2) is 27.0. The molecule has 0 amide bonds. The van der Waals surface area contributed by atoms with E-state index in [9.17, 15) is 0 Å². The number of rotatable bonds is 0. The summed E-state index contributed by atoms with van der Waals surface area (Å²) in [5, 5.41) is 0. The van der Waals surface area contributed by atoms with Gasteiger partial charge in [-0.3, -0.25) is 0 Å². The Balaban J connectivity index is -0.00000000500. The molecule has 22 valence electrons. The van der Waals surface area contributed by atoms with E-state index in [0.717, 1.165) is 0 Å². The molecule has 0 bridgehead atoms. The molecular weight excluding hydrogens is 168 g/mol. The predicted octanol–water partition coefficient (Wildman–Crippen LogP) is 0.724. The van der Waals surface area contributed by atoms with Gasteiger partial charge in [-0.25, -0.2) is 0 Å². The molecule has 0 aliphatic carbocycles. The summed E-state index contributed by atoms with van der Waals surface area (Å²) in [6, 6.07) is 0. The Morgan fingerprint density at radius 2 is 1.25 bits per heavy atom. The Hall–Kier alpha value is 1.34. The minimum Gasteiger partial charge on any atom is 0 e. The average Bonchev–Trinajstić information content (AvgIpc) is 1.00. The van der Waals surface area contributed by atoms with Crippen LogP contribution in [0.4, 0.5) is 0 Å². The summed E-state index contributed by atoms with van der Waals surface area (Å²) in [6.45, 7) is 0. The molecule has 3 heteroatoms. The van der Waals surface area contributed by atoms with Crippen LogP contribution in [0.15, 0.2) is 0 Å². The SMILES string of the molecule is [C].[S]=[Ni].[Zn]. The van der Waals surface area contributed by atoms with Gasteiger partial charge in [0.05, 0.1) is 0 Å². The van der Waals surface area contributed by atoms with Crippen molar-refractivity contribution in [2.75, 3.05) is 0 Å². The maximum absolute atomic E-state index is 3.71. The summed E-state index contributed by atoms with van der Waals surface area (Å²) in [5.74, 6) is 0. The first-order valence-electron chi connectivity index (χ1n) is 0.129. The van der Waals surface area contributed by atoms with E-state index in [0.29, 0.717) is 0 Å². The summed E-state index contributed by atoms with van der Waals surface area (Å²) in [7, 11) is 3.71. The molecule has 0 saturated heterocycles. The van der Waals surface area contributed by atoms with E-state index in [1.54, 1.807) is 0 Å². The van der Waals surface area contributed by atoms with Gasteiger partial charge in [-0.15, -0.1) is 0 Å². The third kappa shape index (κ3) is 10.2. The molecule has 0 aromatic heterocycles. The summed E-state index contributed by atoms with van der Waals surface area (Å²) < 4.78 is 0. The first-order valence-corrected chi connectivity index (χ1v) is 1.60. The Labute approximate surface area is 51.4 Å². The quantitative estimate of drug-likeness (QED) is 0.480. The molecule has 4 radical (unpaired) electrons. The molecule has 0 aromatic rings. The molecule has 0 aliphatic rings. The van der Waals surface area contributed by atoms with Crippen molar-refractivity contribution in [1.29, 1.82) is 0 Å². The fourth-order valence-electron chi connectivity index (χ4n) is 0. The average molecular weight is 168 g/mol. The molecule has 0 spiro atoms. The first-order chi connectivity index (χ1) is 1.00. The van der Waals surface area contributed by atoms with Crippen molar-refractivity contribution >= 4 is 10.7 Å². The van der Waals surface area contributed by atoms with Gasteiger partial charge in [0.2, 0.25) is 0 Å². The van der Waals surface area contributed by atoms with Crippen LogP contribution in [-0.2, 0) is 33.3 Å². The van der Waals surface area contributed by atoms with E-state index in [2.05, 4.69) is 24.5 Å². The fraction of sp³-hybridized carbons (Fsp3) is 0. The molecule has 0 unspecified atom stereocenters. The standard InChI is InChI=1S/C.Ni.S.Zn. The van der Waals surface area contributed by atoms with Crippen LogP contribution in [0, 0.1) is 7.43 Å². The van der Waals surface area contributed by atoms with Crippen LogP contribution >= 0.6 is 10.7 Å². The van der Waals surface area contributed by atoms with Crippen LogP contribution in [0.25, 0.3) is 0 Å². The zero-order chi connectivity index (χ0) is 2.00. The van der Waals surface area contributed by atoms with Gasteiger partial charge in [0.1, 0.15) is 0 Å². The molecule has 0 aromatic carbocycles. The van der Waals surface area contributed by atoms with Gasteiger partial charge in [-0.1, -0.05) is 0 Å². The maximum atomic E-state index is 3.71. The molecule has 0 saturated carbocycles. The summed E-state index contributed by atoms with van der Waals surface area (Å²) in [4.78, 5) is 0. The predicted molar refractivity (Wildman–Crippen MR) is 10.8 cm³/mol. The van der Waals surface area contributed by atoms with Crippen molar-refractivity contribution < 1.29 is 33.3 Å². The van der Waals surface area contributed by atoms with Crippen molar-refractivity contribution in [1.82, 2.24) is 0 Å². The summed E-state index contributed by atoms with van der Waals surface area (Å²) >= 11 is 3.46. The second-order valence-corrected chi connectivity index (χ2v) is 0. The Morgan fingerprint density at radius 1 is 1.25 bits per heavy atom. The monoisotopic (exact) mass is 166 g/mol. The molecule has 0 heterocycles. The summed E-state index contributed by atoms with van der Waals surface area (Å²) in [6.07, 6.45) is 0. The third-order valence-electron chi connectivity index (χ3n) is 0. The van der Waals surface area contributed by atoms with Crippen LogP contribution in [0.2, 0.25) is 0 Å². The maximum Gasteiger partial charge on any atom is 0 e. The van der Waals surface area contributed by atoms with Crippen LogP contribution in [0.1, 0.15) is 0 Å². The van der Waals surface area contributed by atoms with Crippen molar-refractivity contribution in [3.05, 3.63) is 7.43 Å². The van der Waals surface area contributed by atoms with Gasteiger partial charge in [-0.05, 0) is 0 Å². The largest absolute Gasteiger partial charge is 0 e. The van der Waals surface area contributed by atoms with Crippen molar-refractivity contribution in [3.8, 4) is 0 Å². The van der Waals surface area contributed by atoms with Gasteiger partial charge in [-0.2, -0.15) is 0 Å². The Kier molecular flexibility index (Phi) is 124. The van der Waals surface area contributed by atoms with Gasteiger partial charge in [0.15, 0.2) is 0 Å². The zero-order valence-corrected chi connectivity index (χ0v) is 6.70. The normalized spacial score (nSPS) is 1.50. The third-order valence-corrected chi connectivity index (χ3v) is 0. The molecule has 0 N–H and O–H groups in total. The topological polar surface area (TPSA) is 0 Å². The van der Waals surface area contributed by atoms with E-state index < -0.39 is 0 Å². The molecule has 0 atom stereocenters. The van der Waals surface area contributed by atoms with E-state index in [1.807, 2.05) is 0 Å². The molecule has 0 nitrogen and oxygen atoms in total. The van der Waals surface area contributed by atoms with Crippen molar-refractivity contribution in [2.45, 2.75) is 0 Å². The van der Waals surface area contributed by atoms with Gasteiger partial charge in [0.25, 0.3) is 0 Å². The van der Waals surface area contributed by atoms with E-state index in [-0.39, 0.29) is 26.9 Å². The van der Waals surface area contributed by atoms with Crippen LogP contribution < -0.4 is 0 Å². The molecule has 0 rings (SSSR count). The molecule has 0 fully saturated rings.